The monoisotopic (exact) mass is 373 g/mol. The first-order valence-electron chi connectivity index (χ1n) is 9.72. The van der Waals surface area contributed by atoms with Crippen LogP contribution in [0.3, 0.4) is 0 Å². The molecule has 142 valence electrons. The van der Waals surface area contributed by atoms with Gasteiger partial charge >= 0.3 is 5.97 Å². The molecular formula is C23H23N3O2. The van der Waals surface area contributed by atoms with Crippen LogP contribution in [0.15, 0.2) is 71.0 Å². The van der Waals surface area contributed by atoms with Gasteiger partial charge in [-0.2, -0.15) is 0 Å². The highest BCUT2D eigenvalue weighted by Crippen LogP contribution is 2.36. The summed E-state index contributed by atoms with van der Waals surface area (Å²) in [5.41, 5.74) is 3.17. The summed E-state index contributed by atoms with van der Waals surface area (Å²) < 4.78 is 5.19. The lowest BCUT2D eigenvalue weighted by Gasteiger charge is -2.12. The molecule has 0 spiro atoms. The van der Waals surface area contributed by atoms with E-state index in [-0.39, 0.29) is 5.97 Å². The second kappa shape index (κ2) is 8.21. The molecule has 1 aliphatic heterocycles. The molecule has 1 heterocycles. The molecule has 0 radical (unpaired) electrons. The van der Waals surface area contributed by atoms with Crippen molar-refractivity contribution in [2.75, 3.05) is 19.7 Å². The fourth-order valence-corrected chi connectivity index (χ4v) is 3.54. The fraction of sp³-hybridized carbons (Fsp3) is 0.261. The molecule has 0 amide bonds. The predicted octanol–water partition coefficient (Wildman–Crippen LogP) is 5.78. The lowest BCUT2D eigenvalue weighted by Crippen LogP contribution is -2.09. The van der Waals surface area contributed by atoms with Gasteiger partial charge in [-0.25, -0.2) is 4.79 Å². The van der Waals surface area contributed by atoms with Gasteiger partial charge in [0.05, 0.1) is 17.9 Å². The highest BCUT2D eigenvalue weighted by molar-refractivity contribution is 6.01. The van der Waals surface area contributed by atoms with Gasteiger partial charge in [-0.3, -0.25) is 5.01 Å². The van der Waals surface area contributed by atoms with Crippen LogP contribution in [-0.4, -0.2) is 30.7 Å². The minimum atomic E-state index is -0.327. The Labute approximate surface area is 164 Å². The second-order valence-electron chi connectivity index (χ2n) is 6.83. The van der Waals surface area contributed by atoms with Crippen LogP contribution in [-0.2, 0) is 4.74 Å². The summed E-state index contributed by atoms with van der Waals surface area (Å²) in [4.78, 5) is 12.3. The molecule has 0 unspecified atom stereocenters. The lowest BCUT2D eigenvalue weighted by molar-refractivity contribution is 0.0526. The first kappa shape index (κ1) is 18.2. The maximum atomic E-state index is 12.3. The van der Waals surface area contributed by atoms with Crippen molar-refractivity contribution in [1.82, 2.24) is 5.01 Å². The summed E-state index contributed by atoms with van der Waals surface area (Å²) in [5, 5.41) is 13.2. The van der Waals surface area contributed by atoms with E-state index in [2.05, 4.69) is 34.6 Å². The van der Waals surface area contributed by atoms with Crippen molar-refractivity contribution < 1.29 is 9.53 Å². The lowest BCUT2D eigenvalue weighted by atomic mass is 9.95. The molecule has 0 bridgehead atoms. The van der Waals surface area contributed by atoms with Crippen molar-refractivity contribution in [2.24, 2.45) is 10.3 Å². The maximum absolute atomic E-state index is 12.3. The van der Waals surface area contributed by atoms with E-state index in [0.717, 1.165) is 53.5 Å². The van der Waals surface area contributed by atoms with Crippen molar-refractivity contribution in [3.63, 3.8) is 0 Å². The fourth-order valence-electron chi connectivity index (χ4n) is 3.54. The Hall–Kier alpha value is -3.21. The van der Waals surface area contributed by atoms with E-state index >= 15 is 0 Å². The number of ether oxygens (including phenoxy) is 1. The van der Waals surface area contributed by atoms with Crippen LogP contribution in [0.1, 0.15) is 30.1 Å². The van der Waals surface area contributed by atoms with E-state index < -0.39 is 0 Å². The number of carbonyl (C=O) groups excluding carboxylic acids is 1. The van der Waals surface area contributed by atoms with Crippen LogP contribution in [0, 0.1) is 0 Å². The summed E-state index contributed by atoms with van der Waals surface area (Å²) in [6.45, 7) is 4.03. The van der Waals surface area contributed by atoms with E-state index in [9.17, 15) is 4.79 Å². The highest BCUT2D eigenvalue weighted by Gasteiger charge is 2.15. The summed E-state index contributed by atoms with van der Waals surface area (Å²) in [7, 11) is 0. The van der Waals surface area contributed by atoms with Gasteiger partial charge in [-0.1, -0.05) is 47.7 Å². The van der Waals surface area contributed by atoms with Crippen molar-refractivity contribution in [3.8, 4) is 11.1 Å². The number of benzene rings is 3. The topological polar surface area (TPSA) is 54.3 Å². The summed E-state index contributed by atoms with van der Waals surface area (Å²) >= 11 is 0. The number of nitrogens with zero attached hydrogens (tertiary/aromatic N) is 3. The second-order valence-corrected chi connectivity index (χ2v) is 6.83. The molecule has 3 aromatic rings. The third kappa shape index (κ3) is 3.74. The molecule has 0 N–H and O–H groups in total. The zero-order valence-electron chi connectivity index (χ0n) is 16.0. The first-order valence-corrected chi connectivity index (χ1v) is 9.72. The normalized spacial score (nSPS) is 14.1. The van der Waals surface area contributed by atoms with Crippen molar-refractivity contribution in [2.45, 2.75) is 19.8 Å². The molecule has 3 aromatic carbocycles. The van der Waals surface area contributed by atoms with Gasteiger partial charge in [0, 0.05) is 18.7 Å². The van der Waals surface area contributed by atoms with Gasteiger partial charge in [0.15, 0.2) is 0 Å². The molecule has 0 saturated carbocycles. The minimum Gasteiger partial charge on any atom is -0.462 e. The van der Waals surface area contributed by atoms with Gasteiger partial charge < -0.3 is 4.74 Å². The van der Waals surface area contributed by atoms with E-state index in [0.29, 0.717) is 12.2 Å². The van der Waals surface area contributed by atoms with Gasteiger partial charge in [-0.15, -0.1) is 5.11 Å². The first-order chi connectivity index (χ1) is 13.8. The number of rotatable bonds is 5. The number of hydrogen-bond donors (Lipinski definition) is 0. The Morgan fingerprint density at radius 3 is 2.61 bits per heavy atom. The third-order valence-electron chi connectivity index (χ3n) is 4.95. The quantitative estimate of drug-likeness (QED) is 0.421. The van der Waals surface area contributed by atoms with E-state index in [1.165, 1.54) is 0 Å². The van der Waals surface area contributed by atoms with Gasteiger partial charge in [0.2, 0.25) is 0 Å². The molecule has 0 aromatic heterocycles. The van der Waals surface area contributed by atoms with E-state index in [1.54, 1.807) is 6.07 Å². The Morgan fingerprint density at radius 1 is 1.00 bits per heavy atom. The smallest absolute Gasteiger partial charge is 0.338 e. The molecule has 4 rings (SSSR count). The van der Waals surface area contributed by atoms with Crippen LogP contribution in [0.25, 0.3) is 21.9 Å². The molecule has 1 aliphatic rings. The van der Waals surface area contributed by atoms with E-state index in [1.807, 2.05) is 42.3 Å². The Morgan fingerprint density at radius 2 is 1.79 bits per heavy atom. The summed E-state index contributed by atoms with van der Waals surface area (Å²) in [6.07, 6.45) is 2.30. The molecule has 5 nitrogen and oxygen atoms in total. The summed E-state index contributed by atoms with van der Waals surface area (Å²) in [6, 6.07) is 19.8. The van der Waals surface area contributed by atoms with Gasteiger partial charge in [0.25, 0.3) is 0 Å². The van der Waals surface area contributed by atoms with Crippen LogP contribution in [0.5, 0.6) is 0 Å². The van der Waals surface area contributed by atoms with Crippen molar-refractivity contribution in [3.05, 3.63) is 66.2 Å². The Kier molecular flexibility index (Phi) is 5.33. The zero-order chi connectivity index (χ0) is 19.3. The molecular weight excluding hydrogens is 350 g/mol. The SMILES string of the molecule is CCOC(=O)c1ccc(N=NN2CCCC2)c(-c2cccc3ccccc23)c1. The maximum Gasteiger partial charge on any atom is 0.338 e. The minimum absolute atomic E-state index is 0.327. The van der Waals surface area contributed by atoms with Gasteiger partial charge in [0.1, 0.15) is 0 Å². The summed E-state index contributed by atoms with van der Waals surface area (Å²) in [5.74, 6) is -0.327. The molecule has 28 heavy (non-hydrogen) atoms. The third-order valence-corrected chi connectivity index (χ3v) is 4.95. The molecule has 0 aliphatic carbocycles. The Balaban J connectivity index is 1.83. The molecule has 5 heteroatoms. The van der Waals surface area contributed by atoms with Crippen molar-refractivity contribution in [1.29, 1.82) is 0 Å². The van der Waals surface area contributed by atoms with Crippen LogP contribution in [0.4, 0.5) is 5.69 Å². The predicted molar refractivity (Wildman–Crippen MR) is 111 cm³/mol. The molecule has 1 fully saturated rings. The largest absolute Gasteiger partial charge is 0.462 e. The number of fused-ring (bicyclic) bond motifs is 1. The zero-order valence-corrected chi connectivity index (χ0v) is 16.0. The number of carbonyl (C=O) groups is 1. The van der Waals surface area contributed by atoms with Crippen LogP contribution in [0.2, 0.25) is 0 Å². The highest BCUT2D eigenvalue weighted by atomic mass is 16.5. The average Bonchev–Trinajstić information content (AvgIpc) is 3.25. The van der Waals surface area contributed by atoms with Crippen LogP contribution < -0.4 is 0 Å². The number of hydrogen-bond acceptors (Lipinski definition) is 4. The Bertz CT molecular complexity index is 1020. The average molecular weight is 373 g/mol. The molecule has 1 saturated heterocycles. The van der Waals surface area contributed by atoms with Crippen molar-refractivity contribution >= 4 is 22.4 Å². The standard InChI is InChI=1S/C23H23N3O2/c1-2-28-23(27)18-12-13-22(24-25-26-14-5-6-15-26)21(16-18)20-11-7-9-17-8-3-4-10-19(17)20/h3-4,7-13,16H,2,5-6,14-15H2,1H3. The van der Waals surface area contributed by atoms with Gasteiger partial charge in [-0.05, 0) is 54.3 Å². The number of esters is 1. The van der Waals surface area contributed by atoms with Crippen LogP contribution >= 0.6 is 0 Å². The van der Waals surface area contributed by atoms with E-state index in [4.69, 9.17) is 4.74 Å². The molecule has 0 atom stereocenters.